The maximum Gasteiger partial charge on any atom is 0.311 e. The van der Waals surface area contributed by atoms with Crippen LogP contribution in [0.1, 0.15) is 64.2 Å². The van der Waals surface area contributed by atoms with Crippen LogP contribution in [0.5, 0.6) is 5.75 Å². The van der Waals surface area contributed by atoms with Gasteiger partial charge in [-0.2, -0.15) is 0 Å². The van der Waals surface area contributed by atoms with Crippen molar-refractivity contribution < 1.29 is 19.4 Å². The second-order valence-electron chi connectivity index (χ2n) is 8.12. The fourth-order valence-electron chi connectivity index (χ4n) is 2.93. The number of esters is 1. The normalized spacial score (nSPS) is 12.1. The number of carboxylic acids is 1. The van der Waals surface area contributed by atoms with Crippen LogP contribution in [0.15, 0.2) is 12.1 Å². The lowest BCUT2D eigenvalue weighted by atomic mass is 9.78. The van der Waals surface area contributed by atoms with E-state index in [4.69, 9.17) is 4.74 Å². The van der Waals surface area contributed by atoms with E-state index in [2.05, 4.69) is 0 Å². The number of hydrogen-bond acceptors (Lipinski definition) is 3. The number of benzene rings is 1. The zero-order chi connectivity index (χ0) is 18.0. The zero-order valence-electron chi connectivity index (χ0n) is 15.2. The third kappa shape index (κ3) is 5.70. The molecule has 1 rings (SSSR count). The van der Waals surface area contributed by atoms with E-state index < -0.39 is 11.4 Å². The van der Waals surface area contributed by atoms with Crippen molar-refractivity contribution in [2.75, 3.05) is 0 Å². The Morgan fingerprint density at radius 2 is 1.61 bits per heavy atom. The first-order valence-corrected chi connectivity index (χ1v) is 7.86. The van der Waals surface area contributed by atoms with Gasteiger partial charge in [-0.15, -0.1) is 0 Å². The highest BCUT2D eigenvalue weighted by atomic mass is 16.5. The first-order valence-electron chi connectivity index (χ1n) is 7.86. The summed E-state index contributed by atoms with van der Waals surface area (Å²) in [6, 6.07) is 3.80. The highest BCUT2D eigenvalue weighted by molar-refractivity contribution is 5.75. The minimum Gasteiger partial charge on any atom is -0.481 e. The Bertz CT molecular complexity index is 607. The van der Waals surface area contributed by atoms with Gasteiger partial charge >= 0.3 is 11.9 Å². The van der Waals surface area contributed by atoms with Gasteiger partial charge < -0.3 is 9.84 Å². The number of aryl methyl sites for hydroxylation is 2. The van der Waals surface area contributed by atoms with Crippen molar-refractivity contribution in [3.63, 3.8) is 0 Å². The van der Waals surface area contributed by atoms with Gasteiger partial charge in [-0.25, -0.2) is 0 Å². The van der Waals surface area contributed by atoms with E-state index in [0.29, 0.717) is 12.2 Å². The fraction of sp³-hybridized carbons (Fsp3) is 0.579. The van der Waals surface area contributed by atoms with E-state index in [1.165, 1.54) is 0 Å². The van der Waals surface area contributed by atoms with E-state index in [1.54, 1.807) is 0 Å². The summed E-state index contributed by atoms with van der Waals surface area (Å²) in [5.74, 6) is -0.695. The summed E-state index contributed by atoms with van der Waals surface area (Å²) in [7, 11) is 0. The third-order valence-electron chi connectivity index (χ3n) is 3.61. The van der Waals surface area contributed by atoms with Crippen LogP contribution in [-0.4, -0.2) is 17.0 Å². The van der Waals surface area contributed by atoms with Crippen LogP contribution in [0.25, 0.3) is 0 Å². The molecule has 0 unspecified atom stereocenters. The zero-order valence-corrected chi connectivity index (χ0v) is 15.2. The lowest BCUT2D eigenvalue weighted by Crippen LogP contribution is -2.25. The third-order valence-corrected chi connectivity index (χ3v) is 3.61. The Kier molecular flexibility index (Phi) is 5.62. The van der Waals surface area contributed by atoms with Gasteiger partial charge in [-0.1, -0.05) is 40.7 Å². The molecule has 0 amide bonds. The topological polar surface area (TPSA) is 63.6 Å². The summed E-state index contributed by atoms with van der Waals surface area (Å²) in [5.41, 5.74) is 1.92. The monoisotopic (exact) mass is 320 g/mol. The Morgan fingerprint density at radius 1 is 1.04 bits per heavy atom. The van der Waals surface area contributed by atoms with Gasteiger partial charge in [0.05, 0.1) is 12.8 Å². The molecule has 0 saturated carbocycles. The van der Waals surface area contributed by atoms with Crippen LogP contribution in [0.4, 0.5) is 0 Å². The molecule has 0 aliphatic rings. The number of rotatable bonds is 5. The molecule has 23 heavy (non-hydrogen) atoms. The van der Waals surface area contributed by atoms with Crippen molar-refractivity contribution in [3.05, 3.63) is 28.8 Å². The summed E-state index contributed by atoms with van der Waals surface area (Å²) in [6.07, 6.45) is 0.277. The molecule has 0 saturated heterocycles. The Morgan fingerprint density at radius 3 is 2.09 bits per heavy atom. The molecule has 0 aliphatic heterocycles. The van der Waals surface area contributed by atoms with E-state index >= 15 is 0 Å². The van der Waals surface area contributed by atoms with Gasteiger partial charge in [0.25, 0.3) is 0 Å². The van der Waals surface area contributed by atoms with Crippen molar-refractivity contribution in [3.8, 4) is 5.75 Å². The van der Waals surface area contributed by atoms with Crippen LogP contribution in [-0.2, 0) is 15.0 Å². The van der Waals surface area contributed by atoms with Crippen LogP contribution >= 0.6 is 0 Å². The molecule has 0 heterocycles. The van der Waals surface area contributed by atoms with Gasteiger partial charge in [0.1, 0.15) is 5.75 Å². The molecule has 0 fully saturated rings. The Labute approximate surface area is 138 Å². The molecular weight excluding hydrogens is 292 g/mol. The van der Waals surface area contributed by atoms with E-state index in [9.17, 15) is 14.7 Å². The van der Waals surface area contributed by atoms with Gasteiger partial charge in [0.2, 0.25) is 0 Å². The minimum absolute atomic E-state index is 0.0271. The molecule has 0 radical (unpaired) electrons. The quantitative estimate of drug-likeness (QED) is 0.645. The molecule has 4 heteroatoms. The van der Waals surface area contributed by atoms with E-state index in [1.807, 2.05) is 60.6 Å². The molecule has 4 nitrogen and oxygen atoms in total. The summed E-state index contributed by atoms with van der Waals surface area (Å²) in [6.45, 7) is 13.5. The number of carbonyl (C=O) groups excluding carboxylic acids is 1. The molecule has 128 valence electrons. The summed E-state index contributed by atoms with van der Waals surface area (Å²) >= 11 is 0. The van der Waals surface area contributed by atoms with E-state index in [-0.39, 0.29) is 17.8 Å². The number of hydrogen-bond donors (Lipinski definition) is 1. The predicted octanol–water partition coefficient (Wildman–Crippen LogP) is 4.40. The predicted molar refractivity (Wildman–Crippen MR) is 90.9 cm³/mol. The summed E-state index contributed by atoms with van der Waals surface area (Å²) < 4.78 is 5.62. The van der Waals surface area contributed by atoms with Crippen molar-refractivity contribution in [2.45, 2.75) is 66.7 Å². The van der Waals surface area contributed by atoms with Crippen molar-refractivity contribution in [1.29, 1.82) is 0 Å². The standard InChI is InChI=1S/C19H28O4/c1-12-8-13(2)17(19(6,7)10-15(20)21)14(9-12)23-16(22)11-18(3,4)5/h8-9H,10-11H2,1-7H3,(H,20,21). The molecule has 1 N–H and O–H groups in total. The van der Waals surface area contributed by atoms with E-state index in [0.717, 1.165) is 16.7 Å². The lowest BCUT2D eigenvalue weighted by Gasteiger charge is -2.28. The maximum atomic E-state index is 12.2. The maximum absolute atomic E-state index is 12.2. The molecule has 1 aromatic carbocycles. The Hall–Kier alpha value is -1.84. The molecule has 1 aromatic rings. The van der Waals surface area contributed by atoms with Gasteiger partial charge in [-0.3, -0.25) is 9.59 Å². The molecule has 0 spiro atoms. The minimum atomic E-state index is -0.873. The molecular formula is C19H28O4. The summed E-state index contributed by atoms with van der Waals surface area (Å²) in [4.78, 5) is 23.4. The van der Waals surface area contributed by atoms with Crippen LogP contribution in [0.3, 0.4) is 0 Å². The molecule has 0 atom stereocenters. The van der Waals surface area contributed by atoms with Crippen molar-refractivity contribution in [2.24, 2.45) is 5.41 Å². The number of carboxylic acid groups (broad SMARTS) is 1. The SMILES string of the molecule is Cc1cc(C)c(C(C)(C)CC(=O)O)c(OC(=O)CC(C)(C)C)c1. The Balaban J connectivity index is 3.26. The van der Waals surface area contributed by atoms with Gasteiger partial charge in [-0.05, 0) is 36.5 Å². The number of ether oxygens (including phenoxy) is 1. The molecule has 0 aliphatic carbocycles. The molecule has 0 bridgehead atoms. The van der Waals surface area contributed by atoms with Gasteiger partial charge in [0.15, 0.2) is 0 Å². The number of aliphatic carboxylic acids is 1. The smallest absolute Gasteiger partial charge is 0.311 e. The average Bonchev–Trinajstić information content (AvgIpc) is 2.21. The van der Waals surface area contributed by atoms with Gasteiger partial charge in [0, 0.05) is 11.0 Å². The largest absolute Gasteiger partial charge is 0.481 e. The van der Waals surface area contributed by atoms with Crippen LogP contribution < -0.4 is 4.74 Å². The van der Waals surface area contributed by atoms with Crippen molar-refractivity contribution >= 4 is 11.9 Å². The average molecular weight is 320 g/mol. The van der Waals surface area contributed by atoms with Crippen LogP contribution in [0, 0.1) is 19.3 Å². The van der Waals surface area contributed by atoms with Crippen LogP contribution in [0.2, 0.25) is 0 Å². The number of carbonyl (C=O) groups is 2. The first kappa shape index (κ1) is 19.2. The second kappa shape index (κ2) is 6.73. The fourth-order valence-corrected chi connectivity index (χ4v) is 2.93. The summed E-state index contributed by atoms with van der Waals surface area (Å²) in [5, 5.41) is 9.17. The molecule has 0 aromatic heterocycles. The first-order chi connectivity index (χ1) is 10.3. The second-order valence-corrected chi connectivity index (χ2v) is 8.12. The lowest BCUT2D eigenvalue weighted by molar-refractivity contribution is -0.138. The highest BCUT2D eigenvalue weighted by Crippen LogP contribution is 2.38. The highest BCUT2D eigenvalue weighted by Gasteiger charge is 2.30. The van der Waals surface area contributed by atoms with Crippen molar-refractivity contribution in [1.82, 2.24) is 0 Å².